The first-order valence-electron chi connectivity index (χ1n) is 11.0. The summed E-state index contributed by atoms with van der Waals surface area (Å²) in [5.41, 5.74) is 3.48. The molecule has 0 saturated heterocycles. The van der Waals surface area contributed by atoms with E-state index < -0.39 is 11.7 Å². The lowest BCUT2D eigenvalue weighted by Crippen LogP contribution is -2.38. The molecule has 0 radical (unpaired) electrons. The van der Waals surface area contributed by atoms with Gasteiger partial charge in [0.25, 0.3) is 0 Å². The Balaban J connectivity index is 1.46. The minimum absolute atomic E-state index is 0.457. The van der Waals surface area contributed by atoms with Crippen LogP contribution >= 0.6 is 0 Å². The number of nitrogens with zero attached hydrogens (tertiary/aromatic N) is 3. The van der Waals surface area contributed by atoms with Crippen LogP contribution in [-0.4, -0.2) is 41.0 Å². The van der Waals surface area contributed by atoms with E-state index >= 15 is 0 Å². The molecule has 0 spiro atoms. The number of hydrogen-bond acceptors (Lipinski definition) is 4. The van der Waals surface area contributed by atoms with Gasteiger partial charge in [0.1, 0.15) is 5.60 Å². The number of guanidine groups is 1. The predicted octanol–water partition coefficient (Wildman–Crippen LogP) is 4.13. The van der Waals surface area contributed by atoms with Gasteiger partial charge in [-0.2, -0.15) is 5.10 Å². The smallest absolute Gasteiger partial charge is 0.412 e. The summed E-state index contributed by atoms with van der Waals surface area (Å²) in [6, 6.07) is 17.8. The monoisotopic (exact) mass is 448 g/mol. The quantitative estimate of drug-likeness (QED) is 0.373. The highest BCUT2D eigenvalue weighted by Crippen LogP contribution is 2.14. The number of para-hydroxylation sites is 1. The molecule has 3 rings (SSSR count). The highest BCUT2D eigenvalue weighted by Gasteiger charge is 2.16. The van der Waals surface area contributed by atoms with Crippen LogP contribution in [-0.2, 0) is 17.7 Å². The van der Waals surface area contributed by atoms with Crippen molar-refractivity contribution >= 4 is 17.7 Å². The molecule has 0 aliphatic rings. The van der Waals surface area contributed by atoms with Gasteiger partial charge in [-0.25, -0.2) is 9.48 Å². The molecule has 0 fully saturated rings. The van der Waals surface area contributed by atoms with E-state index in [0.717, 1.165) is 35.7 Å². The van der Waals surface area contributed by atoms with Crippen molar-refractivity contribution in [2.75, 3.05) is 18.9 Å². The van der Waals surface area contributed by atoms with Crippen molar-refractivity contribution in [3.8, 4) is 5.69 Å². The summed E-state index contributed by atoms with van der Waals surface area (Å²) in [4.78, 5) is 16.2. The lowest BCUT2D eigenvalue weighted by Gasteiger charge is -2.19. The predicted molar refractivity (Wildman–Crippen MR) is 132 cm³/mol. The number of carbonyl (C=O) groups is 1. The number of nitrogens with one attached hydrogen (secondary N) is 3. The average molecular weight is 449 g/mol. The molecule has 2 aromatic carbocycles. The summed E-state index contributed by atoms with van der Waals surface area (Å²) in [5, 5.41) is 13.8. The number of carbonyl (C=O) groups excluding carboxylic acids is 1. The van der Waals surface area contributed by atoms with Crippen LogP contribution < -0.4 is 16.0 Å². The third-order valence-corrected chi connectivity index (χ3v) is 4.72. The fourth-order valence-corrected chi connectivity index (χ4v) is 3.20. The molecule has 0 bridgehead atoms. The fraction of sp³-hybridized carbons (Fsp3) is 0.320. The van der Waals surface area contributed by atoms with Crippen LogP contribution in [0.15, 0.2) is 72.0 Å². The Kier molecular flexibility index (Phi) is 8.07. The van der Waals surface area contributed by atoms with E-state index in [4.69, 9.17) is 4.74 Å². The molecular weight excluding hydrogens is 416 g/mol. The van der Waals surface area contributed by atoms with Gasteiger partial charge >= 0.3 is 6.09 Å². The Hall–Kier alpha value is -3.81. The molecular formula is C25H32N6O2. The van der Waals surface area contributed by atoms with Gasteiger partial charge < -0.3 is 15.4 Å². The second-order valence-electron chi connectivity index (χ2n) is 8.51. The number of benzene rings is 2. The molecule has 8 heteroatoms. The molecule has 1 aromatic heterocycles. The average Bonchev–Trinajstić information content (AvgIpc) is 3.31. The van der Waals surface area contributed by atoms with Gasteiger partial charge in [-0.3, -0.25) is 10.3 Å². The van der Waals surface area contributed by atoms with Crippen molar-refractivity contribution in [2.45, 2.75) is 39.3 Å². The summed E-state index contributed by atoms with van der Waals surface area (Å²) < 4.78 is 7.13. The van der Waals surface area contributed by atoms with Crippen LogP contribution in [0, 0.1) is 0 Å². The Morgan fingerprint density at radius 3 is 2.48 bits per heavy atom. The number of aliphatic imine (C=N–C) groups is 1. The molecule has 174 valence electrons. The fourth-order valence-electron chi connectivity index (χ4n) is 3.20. The van der Waals surface area contributed by atoms with E-state index in [2.05, 4.69) is 32.1 Å². The van der Waals surface area contributed by atoms with Gasteiger partial charge in [-0.1, -0.05) is 30.3 Å². The van der Waals surface area contributed by atoms with Gasteiger partial charge in [-0.15, -0.1) is 0 Å². The Bertz CT molecular complexity index is 1050. The maximum absolute atomic E-state index is 11.9. The molecule has 1 heterocycles. The van der Waals surface area contributed by atoms with Gasteiger partial charge in [0.05, 0.1) is 5.69 Å². The van der Waals surface area contributed by atoms with E-state index in [-0.39, 0.29) is 0 Å². The summed E-state index contributed by atoms with van der Waals surface area (Å²) in [6.45, 7) is 6.86. The standard InChI is InChI=1S/C25H32N6O2/c1-25(2,3)33-24(32)30-21-12-10-19(11-13-21)14-16-27-23(26-4)28-18-20-8-5-6-9-22(20)31-17-7-15-29-31/h5-13,15,17H,14,16,18H2,1-4H3,(H,30,32)(H2,26,27,28). The van der Waals surface area contributed by atoms with Crippen molar-refractivity contribution < 1.29 is 9.53 Å². The first-order valence-corrected chi connectivity index (χ1v) is 11.0. The van der Waals surface area contributed by atoms with E-state index in [1.807, 2.05) is 80.2 Å². The van der Waals surface area contributed by atoms with Gasteiger partial charge in [0.15, 0.2) is 5.96 Å². The number of hydrogen-bond donors (Lipinski definition) is 3. The van der Waals surface area contributed by atoms with Crippen molar-refractivity contribution in [3.05, 3.63) is 78.1 Å². The lowest BCUT2D eigenvalue weighted by atomic mass is 10.1. The molecule has 0 aliphatic carbocycles. The summed E-state index contributed by atoms with van der Waals surface area (Å²) in [7, 11) is 1.76. The van der Waals surface area contributed by atoms with Gasteiger partial charge in [0, 0.05) is 38.2 Å². The Morgan fingerprint density at radius 2 is 1.82 bits per heavy atom. The minimum Gasteiger partial charge on any atom is -0.444 e. The van der Waals surface area contributed by atoms with E-state index in [0.29, 0.717) is 12.2 Å². The van der Waals surface area contributed by atoms with Crippen LogP contribution in [0.3, 0.4) is 0 Å². The van der Waals surface area contributed by atoms with E-state index in [1.165, 1.54) is 0 Å². The number of rotatable bonds is 7. The molecule has 1 amide bonds. The van der Waals surface area contributed by atoms with Gasteiger partial charge in [0.2, 0.25) is 0 Å². The Labute approximate surface area is 195 Å². The van der Waals surface area contributed by atoms with E-state index in [9.17, 15) is 4.79 Å². The zero-order chi connectivity index (χ0) is 23.7. The van der Waals surface area contributed by atoms with E-state index in [1.54, 1.807) is 13.2 Å². The van der Waals surface area contributed by atoms with Crippen molar-refractivity contribution in [1.82, 2.24) is 20.4 Å². The summed E-state index contributed by atoms with van der Waals surface area (Å²) >= 11 is 0. The number of amides is 1. The Morgan fingerprint density at radius 1 is 1.06 bits per heavy atom. The van der Waals surface area contributed by atoms with Crippen LogP contribution in [0.1, 0.15) is 31.9 Å². The van der Waals surface area contributed by atoms with Gasteiger partial charge in [-0.05, 0) is 62.6 Å². The summed E-state index contributed by atoms with van der Waals surface area (Å²) in [5.74, 6) is 0.730. The maximum atomic E-state index is 11.9. The lowest BCUT2D eigenvalue weighted by molar-refractivity contribution is 0.0636. The number of aromatic nitrogens is 2. The molecule has 3 N–H and O–H groups in total. The van der Waals surface area contributed by atoms with Crippen LogP contribution in [0.5, 0.6) is 0 Å². The molecule has 0 atom stereocenters. The molecule has 3 aromatic rings. The zero-order valence-electron chi connectivity index (χ0n) is 19.6. The highest BCUT2D eigenvalue weighted by molar-refractivity contribution is 5.84. The normalized spacial score (nSPS) is 11.7. The molecule has 0 saturated carbocycles. The maximum Gasteiger partial charge on any atom is 0.412 e. The summed E-state index contributed by atoms with van der Waals surface area (Å²) in [6.07, 6.45) is 4.06. The first-order chi connectivity index (χ1) is 15.8. The number of anilines is 1. The third-order valence-electron chi connectivity index (χ3n) is 4.72. The second-order valence-corrected chi connectivity index (χ2v) is 8.51. The molecule has 0 unspecified atom stereocenters. The van der Waals surface area contributed by atoms with Crippen molar-refractivity contribution in [3.63, 3.8) is 0 Å². The molecule has 8 nitrogen and oxygen atoms in total. The minimum atomic E-state index is -0.524. The second kappa shape index (κ2) is 11.2. The third kappa shape index (κ3) is 7.68. The zero-order valence-corrected chi connectivity index (χ0v) is 19.6. The molecule has 33 heavy (non-hydrogen) atoms. The van der Waals surface area contributed by atoms with Crippen LogP contribution in [0.2, 0.25) is 0 Å². The highest BCUT2D eigenvalue weighted by atomic mass is 16.6. The SMILES string of the molecule is CN=C(NCCc1ccc(NC(=O)OC(C)(C)C)cc1)NCc1ccccc1-n1cccn1. The first kappa shape index (κ1) is 23.8. The van der Waals surface area contributed by atoms with Crippen LogP contribution in [0.4, 0.5) is 10.5 Å². The topological polar surface area (TPSA) is 92.6 Å². The van der Waals surface area contributed by atoms with Crippen molar-refractivity contribution in [2.24, 2.45) is 4.99 Å². The van der Waals surface area contributed by atoms with Crippen LogP contribution in [0.25, 0.3) is 5.69 Å². The largest absolute Gasteiger partial charge is 0.444 e. The molecule has 0 aliphatic heterocycles. The van der Waals surface area contributed by atoms with Crippen molar-refractivity contribution in [1.29, 1.82) is 0 Å². The number of ether oxygens (including phenoxy) is 1.